The molecule has 1 N–H and O–H groups in total. The highest BCUT2D eigenvalue weighted by molar-refractivity contribution is 7.99. The Balaban J connectivity index is 1.88. The van der Waals surface area contributed by atoms with Crippen LogP contribution >= 0.6 is 23.1 Å². The van der Waals surface area contributed by atoms with Gasteiger partial charge < -0.3 is 19.5 Å². The number of thiophene rings is 1. The number of carbonyl (C=O) groups is 2. The molecule has 0 atom stereocenters. The third kappa shape index (κ3) is 6.38. The van der Waals surface area contributed by atoms with E-state index in [9.17, 15) is 9.59 Å². The lowest BCUT2D eigenvalue weighted by Crippen LogP contribution is -2.30. The zero-order valence-corrected chi connectivity index (χ0v) is 19.6. The van der Waals surface area contributed by atoms with Crippen molar-refractivity contribution in [2.75, 3.05) is 35.8 Å². The molecule has 2 aromatic heterocycles. The number of carbonyl (C=O) groups excluding carboxylic acids is 2. The van der Waals surface area contributed by atoms with Crippen LogP contribution in [-0.2, 0) is 17.9 Å². The van der Waals surface area contributed by atoms with Gasteiger partial charge in [-0.3, -0.25) is 9.59 Å². The van der Waals surface area contributed by atoms with Crippen LogP contribution in [0.2, 0.25) is 0 Å². The first-order valence-corrected chi connectivity index (χ1v) is 12.0. The first kappa shape index (κ1) is 23.0. The Labute approximate surface area is 191 Å². The quantitative estimate of drug-likeness (QED) is 0.467. The summed E-state index contributed by atoms with van der Waals surface area (Å²) in [6.45, 7) is 2.78. The average molecular weight is 458 g/mol. The van der Waals surface area contributed by atoms with E-state index in [1.807, 2.05) is 73.8 Å². The van der Waals surface area contributed by atoms with Gasteiger partial charge >= 0.3 is 0 Å². The van der Waals surface area contributed by atoms with Gasteiger partial charge in [0.25, 0.3) is 5.91 Å². The Hall–Kier alpha value is -2.71. The van der Waals surface area contributed by atoms with E-state index in [1.165, 1.54) is 11.3 Å². The standard InChI is InChI=1S/C23H27N3O3S2/c1-4-30-16-22(27)24-18-9-10-20(25(2)3)17(13-18)14-26(15-19-7-5-11-29-19)23(28)21-8-6-12-31-21/h5-13H,4,14-16H2,1-3H3,(H,24,27). The highest BCUT2D eigenvalue weighted by Crippen LogP contribution is 2.26. The van der Waals surface area contributed by atoms with Crippen LogP contribution in [0.25, 0.3) is 0 Å². The lowest BCUT2D eigenvalue weighted by Gasteiger charge is -2.25. The summed E-state index contributed by atoms with van der Waals surface area (Å²) in [4.78, 5) is 29.8. The summed E-state index contributed by atoms with van der Waals surface area (Å²) in [5.41, 5.74) is 2.66. The van der Waals surface area contributed by atoms with Gasteiger partial charge in [-0.15, -0.1) is 11.3 Å². The van der Waals surface area contributed by atoms with Crippen molar-refractivity contribution in [3.05, 3.63) is 70.3 Å². The maximum Gasteiger partial charge on any atom is 0.264 e. The van der Waals surface area contributed by atoms with Gasteiger partial charge in [-0.25, -0.2) is 0 Å². The summed E-state index contributed by atoms with van der Waals surface area (Å²) >= 11 is 3.00. The molecule has 0 aliphatic rings. The molecule has 0 bridgehead atoms. The van der Waals surface area contributed by atoms with Crippen molar-refractivity contribution in [1.29, 1.82) is 0 Å². The molecule has 1 aromatic carbocycles. The summed E-state index contributed by atoms with van der Waals surface area (Å²) in [7, 11) is 3.93. The molecule has 3 aromatic rings. The van der Waals surface area contributed by atoms with Crippen molar-refractivity contribution >= 4 is 46.3 Å². The molecule has 2 heterocycles. The summed E-state index contributed by atoms with van der Waals surface area (Å²) in [5.74, 6) is 1.95. The minimum absolute atomic E-state index is 0.0301. The van der Waals surface area contributed by atoms with Crippen LogP contribution in [-0.4, -0.2) is 42.3 Å². The second-order valence-corrected chi connectivity index (χ2v) is 9.36. The number of hydrogen-bond acceptors (Lipinski definition) is 6. The SMILES string of the molecule is CCSCC(=O)Nc1ccc(N(C)C)c(CN(Cc2ccco2)C(=O)c2cccs2)c1. The Kier molecular flexibility index (Phi) is 8.20. The Morgan fingerprint density at radius 1 is 1.13 bits per heavy atom. The minimum atomic E-state index is -0.0510. The van der Waals surface area contributed by atoms with Crippen molar-refractivity contribution in [2.45, 2.75) is 20.0 Å². The highest BCUT2D eigenvalue weighted by Gasteiger charge is 2.21. The van der Waals surface area contributed by atoms with Gasteiger partial charge in [0.2, 0.25) is 5.91 Å². The van der Waals surface area contributed by atoms with Crippen molar-refractivity contribution in [3.63, 3.8) is 0 Å². The normalized spacial score (nSPS) is 10.7. The van der Waals surface area contributed by atoms with E-state index in [2.05, 4.69) is 5.32 Å². The first-order chi connectivity index (χ1) is 15.0. The van der Waals surface area contributed by atoms with Crippen molar-refractivity contribution in [3.8, 4) is 0 Å². The fourth-order valence-electron chi connectivity index (χ4n) is 3.17. The highest BCUT2D eigenvalue weighted by atomic mass is 32.2. The molecular formula is C23H27N3O3S2. The van der Waals surface area contributed by atoms with Crippen molar-refractivity contribution in [1.82, 2.24) is 4.90 Å². The molecule has 0 spiro atoms. The number of thioether (sulfide) groups is 1. The lowest BCUT2D eigenvalue weighted by molar-refractivity contribution is -0.113. The summed E-state index contributed by atoms with van der Waals surface area (Å²) in [5, 5.41) is 4.86. The monoisotopic (exact) mass is 457 g/mol. The molecule has 3 rings (SSSR count). The van der Waals surface area contributed by atoms with Crippen LogP contribution in [0.3, 0.4) is 0 Å². The molecule has 0 unspecified atom stereocenters. The van der Waals surface area contributed by atoms with E-state index in [1.54, 1.807) is 22.9 Å². The van der Waals surface area contributed by atoms with Crippen LogP contribution in [0, 0.1) is 0 Å². The number of benzene rings is 1. The summed E-state index contributed by atoms with van der Waals surface area (Å²) < 4.78 is 5.50. The average Bonchev–Trinajstić information content (AvgIpc) is 3.45. The molecule has 0 aliphatic heterocycles. The Morgan fingerprint density at radius 3 is 2.61 bits per heavy atom. The molecule has 0 saturated heterocycles. The van der Waals surface area contributed by atoms with Crippen molar-refractivity contribution < 1.29 is 14.0 Å². The van der Waals surface area contributed by atoms with Crippen LogP contribution in [0.15, 0.2) is 58.5 Å². The fourth-order valence-corrected chi connectivity index (χ4v) is 4.32. The topological polar surface area (TPSA) is 65.8 Å². The Morgan fingerprint density at radius 2 is 1.97 bits per heavy atom. The Bertz CT molecular complexity index is 986. The maximum absolute atomic E-state index is 13.2. The van der Waals surface area contributed by atoms with E-state index in [4.69, 9.17) is 4.42 Å². The first-order valence-electron chi connectivity index (χ1n) is 10.0. The third-order valence-corrected chi connectivity index (χ3v) is 6.32. The van der Waals surface area contributed by atoms with Gasteiger partial charge in [0, 0.05) is 32.0 Å². The molecule has 0 aliphatic carbocycles. The molecule has 0 radical (unpaired) electrons. The van der Waals surface area contributed by atoms with E-state index >= 15 is 0 Å². The van der Waals surface area contributed by atoms with Crippen LogP contribution < -0.4 is 10.2 Å². The number of nitrogens with one attached hydrogen (secondary N) is 1. The summed E-state index contributed by atoms with van der Waals surface area (Å²) in [6.07, 6.45) is 1.61. The van der Waals surface area contributed by atoms with Gasteiger partial charge in [-0.1, -0.05) is 13.0 Å². The van der Waals surface area contributed by atoms with E-state index in [-0.39, 0.29) is 11.8 Å². The van der Waals surface area contributed by atoms with E-state index in [0.717, 1.165) is 28.5 Å². The van der Waals surface area contributed by atoms with Gasteiger partial charge in [-0.2, -0.15) is 11.8 Å². The zero-order chi connectivity index (χ0) is 22.2. The molecule has 0 saturated carbocycles. The van der Waals surface area contributed by atoms with Gasteiger partial charge in [-0.05, 0) is 53.1 Å². The number of rotatable bonds is 10. The molecule has 0 fully saturated rings. The number of nitrogens with zero attached hydrogens (tertiary/aromatic N) is 2. The molecule has 164 valence electrons. The van der Waals surface area contributed by atoms with E-state index in [0.29, 0.717) is 23.7 Å². The smallest absolute Gasteiger partial charge is 0.264 e. The second kappa shape index (κ2) is 11.1. The van der Waals surface area contributed by atoms with E-state index < -0.39 is 0 Å². The number of amides is 2. The second-order valence-electron chi connectivity index (χ2n) is 7.14. The van der Waals surface area contributed by atoms with Crippen LogP contribution in [0.1, 0.15) is 27.9 Å². The summed E-state index contributed by atoms with van der Waals surface area (Å²) in [6, 6.07) is 13.2. The predicted octanol–water partition coefficient (Wildman–Crippen LogP) is 4.94. The molecule has 6 nitrogen and oxygen atoms in total. The zero-order valence-electron chi connectivity index (χ0n) is 18.0. The number of hydrogen-bond donors (Lipinski definition) is 1. The number of furan rings is 1. The largest absolute Gasteiger partial charge is 0.467 e. The maximum atomic E-state index is 13.2. The molecule has 2 amide bonds. The number of anilines is 2. The van der Waals surface area contributed by atoms with Gasteiger partial charge in [0.15, 0.2) is 0 Å². The molecule has 31 heavy (non-hydrogen) atoms. The fraction of sp³-hybridized carbons (Fsp3) is 0.304. The van der Waals surface area contributed by atoms with Crippen LogP contribution in [0.4, 0.5) is 11.4 Å². The molecule has 8 heteroatoms. The third-order valence-electron chi connectivity index (χ3n) is 4.59. The van der Waals surface area contributed by atoms with Gasteiger partial charge in [0.05, 0.1) is 23.4 Å². The minimum Gasteiger partial charge on any atom is -0.467 e. The predicted molar refractivity (Wildman–Crippen MR) is 129 cm³/mol. The van der Waals surface area contributed by atoms with Gasteiger partial charge in [0.1, 0.15) is 5.76 Å². The van der Waals surface area contributed by atoms with Crippen LogP contribution in [0.5, 0.6) is 0 Å². The molecular weight excluding hydrogens is 430 g/mol. The van der Waals surface area contributed by atoms with Crippen molar-refractivity contribution in [2.24, 2.45) is 0 Å². The lowest BCUT2D eigenvalue weighted by atomic mass is 10.1.